The van der Waals surface area contributed by atoms with Gasteiger partial charge in [-0.2, -0.15) is 0 Å². The molecule has 0 fully saturated rings. The lowest BCUT2D eigenvalue weighted by molar-refractivity contribution is -0.126. The summed E-state index contributed by atoms with van der Waals surface area (Å²) in [5.41, 5.74) is 3.55. The predicted octanol–water partition coefficient (Wildman–Crippen LogP) is 3.74. The largest absolute Gasteiger partial charge is 0.359 e. The van der Waals surface area contributed by atoms with Crippen molar-refractivity contribution in [3.8, 4) is 11.1 Å². The number of carbonyl (C=O) groups is 2. The number of nitrogens with zero attached hydrogens (tertiary/aromatic N) is 3. The van der Waals surface area contributed by atoms with Gasteiger partial charge in [-0.15, -0.1) is 0 Å². The Morgan fingerprint density at radius 1 is 1.07 bits per heavy atom. The van der Waals surface area contributed by atoms with E-state index in [1.165, 1.54) is 4.90 Å². The molecule has 0 aliphatic rings. The van der Waals surface area contributed by atoms with Crippen molar-refractivity contribution < 1.29 is 14.1 Å². The number of fused-ring (bicyclic) bond motifs is 1. The van der Waals surface area contributed by atoms with Crippen molar-refractivity contribution >= 4 is 17.2 Å². The standard InChI is InChI=1S/C22H19N3O3/c1-15-12-18(28-23-15)14-24(2)22(27)21(26)20-19(16-8-4-3-5-9-16)13-17-10-6-7-11-25(17)20/h3-13H,14H2,1-2H3. The zero-order valence-electron chi connectivity index (χ0n) is 15.6. The molecule has 6 nitrogen and oxygen atoms in total. The van der Waals surface area contributed by atoms with Gasteiger partial charge in [0.1, 0.15) is 5.69 Å². The van der Waals surface area contributed by atoms with E-state index in [9.17, 15) is 9.59 Å². The summed E-state index contributed by atoms with van der Waals surface area (Å²) in [7, 11) is 1.58. The first kappa shape index (κ1) is 17.7. The molecule has 4 aromatic rings. The molecule has 0 bridgehead atoms. The molecule has 0 radical (unpaired) electrons. The van der Waals surface area contributed by atoms with Crippen LogP contribution in [0.25, 0.3) is 16.6 Å². The highest BCUT2D eigenvalue weighted by Gasteiger charge is 2.27. The highest BCUT2D eigenvalue weighted by atomic mass is 16.5. The Balaban J connectivity index is 1.73. The van der Waals surface area contributed by atoms with Crippen LogP contribution in [0, 0.1) is 6.92 Å². The fraction of sp³-hybridized carbons (Fsp3) is 0.136. The van der Waals surface area contributed by atoms with Gasteiger partial charge in [-0.3, -0.25) is 9.59 Å². The van der Waals surface area contributed by atoms with Crippen molar-refractivity contribution in [1.82, 2.24) is 14.5 Å². The summed E-state index contributed by atoms with van der Waals surface area (Å²) in [6.07, 6.45) is 1.79. The van der Waals surface area contributed by atoms with E-state index >= 15 is 0 Å². The SMILES string of the molecule is Cc1cc(CN(C)C(=O)C(=O)c2c(-c3ccccc3)cc3ccccn23)on1. The zero-order valence-corrected chi connectivity index (χ0v) is 15.6. The van der Waals surface area contributed by atoms with E-state index in [1.807, 2.05) is 54.6 Å². The molecule has 0 atom stereocenters. The highest BCUT2D eigenvalue weighted by Crippen LogP contribution is 2.28. The van der Waals surface area contributed by atoms with Crippen LogP contribution in [-0.2, 0) is 11.3 Å². The van der Waals surface area contributed by atoms with Crippen molar-refractivity contribution in [3.63, 3.8) is 0 Å². The molecular weight excluding hydrogens is 354 g/mol. The third-order valence-electron chi connectivity index (χ3n) is 4.59. The third kappa shape index (κ3) is 3.20. The molecule has 0 aliphatic carbocycles. The maximum absolute atomic E-state index is 13.2. The van der Waals surface area contributed by atoms with Crippen molar-refractivity contribution in [2.45, 2.75) is 13.5 Å². The molecule has 0 unspecified atom stereocenters. The van der Waals surface area contributed by atoms with E-state index in [0.717, 1.165) is 22.3 Å². The topological polar surface area (TPSA) is 67.8 Å². The van der Waals surface area contributed by atoms with Gasteiger partial charge in [0.25, 0.3) is 11.7 Å². The Labute approximate surface area is 162 Å². The van der Waals surface area contributed by atoms with Gasteiger partial charge in [-0.1, -0.05) is 41.6 Å². The van der Waals surface area contributed by atoms with Crippen LogP contribution in [0.2, 0.25) is 0 Å². The molecular formula is C22H19N3O3. The Morgan fingerprint density at radius 3 is 2.54 bits per heavy atom. The molecule has 1 aromatic carbocycles. The van der Waals surface area contributed by atoms with Crippen molar-refractivity contribution in [3.05, 3.63) is 84.0 Å². The predicted molar refractivity (Wildman–Crippen MR) is 105 cm³/mol. The summed E-state index contributed by atoms with van der Waals surface area (Å²) in [5.74, 6) is -0.636. The van der Waals surface area contributed by atoms with Gasteiger partial charge >= 0.3 is 0 Å². The molecule has 4 rings (SSSR count). The molecule has 3 heterocycles. The number of carbonyl (C=O) groups excluding carboxylic acids is 2. The number of hydrogen-bond acceptors (Lipinski definition) is 4. The number of hydrogen-bond donors (Lipinski definition) is 0. The molecule has 28 heavy (non-hydrogen) atoms. The maximum Gasteiger partial charge on any atom is 0.296 e. The van der Waals surface area contributed by atoms with Gasteiger partial charge in [0.05, 0.1) is 12.2 Å². The first-order valence-electron chi connectivity index (χ1n) is 8.92. The van der Waals surface area contributed by atoms with E-state index in [4.69, 9.17) is 4.52 Å². The monoisotopic (exact) mass is 373 g/mol. The molecule has 0 spiro atoms. The van der Waals surface area contributed by atoms with Crippen LogP contribution < -0.4 is 0 Å². The number of Topliss-reactive ketones (excluding diaryl/α,β-unsaturated/α-hetero) is 1. The number of likely N-dealkylation sites (N-methyl/N-ethyl adjacent to an activating group) is 1. The first-order chi connectivity index (χ1) is 13.5. The van der Waals surface area contributed by atoms with E-state index < -0.39 is 11.7 Å². The summed E-state index contributed by atoms with van der Waals surface area (Å²) in [6.45, 7) is 1.98. The average molecular weight is 373 g/mol. The first-order valence-corrected chi connectivity index (χ1v) is 8.92. The summed E-state index contributed by atoms with van der Waals surface area (Å²) in [4.78, 5) is 27.4. The smallest absolute Gasteiger partial charge is 0.296 e. The number of pyridine rings is 1. The second-order valence-electron chi connectivity index (χ2n) is 6.69. The van der Waals surface area contributed by atoms with Crippen molar-refractivity contribution in [1.29, 1.82) is 0 Å². The lowest BCUT2D eigenvalue weighted by Gasteiger charge is -2.15. The van der Waals surface area contributed by atoms with Crippen LogP contribution in [0.4, 0.5) is 0 Å². The number of aryl methyl sites for hydroxylation is 1. The minimum absolute atomic E-state index is 0.176. The minimum atomic E-state index is -0.602. The lowest BCUT2D eigenvalue weighted by atomic mass is 10.0. The number of amides is 1. The van der Waals surface area contributed by atoms with E-state index in [1.54, 1.807) is 30.6 Å². The van der Waals surface area contributed by atoms with Crippen LogP contribution in [0.1, 0.15) is 21.9 Å². The van der Waals surface area contributed by atoms with Crippen LogP contribution >= 0.6 is 0 Å². The Hall–Kier alpha value is -3.67. The average Bonchev–Trinajstić information content (AvgIpc) is 3.30. The summed E-state index contributed by atoms with van der Waals surface area (Å²) in [6, 6.07) is 18.9. The molecule has 3 aromatic heterocycles. The zero-order chi connectivity index (χ0) is 19.7. The van der Waals surface area contributed by atoms with Gasteiger partial charge in [0.2, 0.25) is 0 Å². The molecule has 0 saturated heterocycles. The van der Waals surface area contributed by atoms with Gasteiger partial charge in [0, 0.05) is 30.4 Å². The number of benzene rings is 1. The van der Waals surface area contributed by atoms with Crippen LogP contribution in [0.3, 0.4) is 0 Å². The van der Waals surface area contributed by atoms with Crippen molar-refractivity contribution in [2.75, 3.05) is 7.05 Å². The molecule has 6 heteroatoms. The third-order valence-corrected chi connectivity index (χ3v) is 4.59. The maximum atomic E-state index is 13.2. The Morgan fingerprint density at radius 2 is 1.82 bits per heavy atom. The van der Waals surface area contributed by atoms with Crippen molar-refractivity contribution in [2.24, 2.45) is 0 Å². The second-order valence-corrected chi connectivity index (χ2v) is 6.69. The van der Waals surface area contributed by atoms with Gasteiger partial charge < -0.3 is 13.8 Å². The van der Waals surface area contributed by atoms with Crippen LogP contribution in [-0.4, -0.2) is 33.2 Å². The second kappa shape index (κ2) is 7.15. The van der Waals surface area contributed by atoms with E-state index in [0.29, 0.717) is 11.5 Å². The van der Waals surface area contributed by atoms with Gasteiger partial charge in [-0.25, -0.2) is 0 Å². The normalized spacial score (nSPS) is 10.9. The minimum Gasteiger partial charge on any atom is -0.359 e. The number of ketones is 1. The Bertz CT molecular complexity index is 1160. The van der Waals surface area contributed by atoms with E-state index in [-0.39, 0.29) is 6.54 Å². The molecule has 1 amide bonds. The van der Waals surface area contributed by atoms with Crippen LogP contribution in [0.5, 0.6) is 0 Å². The molecule has 0 aliphatic heterocycles. The quantitative estimate of drug-likeness (QED) is 0.395. The number of aromatic nitrogens is 2. The Kier molecular flexibility index (Phi) is 4.53. The molecule has 140 valence electrons. The molecule has 0 saturated carbocycles. The lowest BCUT2D eigenvalue weighted by Crippen LogP contribution is -2.33. The summed E-state index contributed by atoms with van der Waals surface area (Å²) >= 11 is 0. The fourth-order valence-corrected chi connectivity index (χ4v) is 3.26. The van der Waals surface area contributed by atoms with Crippen LogP contribution in [0.15, 0.2) is 71.4 Å². The van der Waals surface area contributed by atoms with E-state index in [2.05, 4.69) is 5.16 Å². The van der Waals surface area contributed by atoms with Gasteiger partial charge in [-0.05, 0) is 30.7 Å². The number of rotatable bonds is 5. The summed E-state index contributed by atoms with van der Waals surface area (Å²) < 4.78 is 6.92. The van der Waals surface area contributed by atoms with Gasteiger partial charge in [0.15, 0.2) is 5.76 Å². The summed E-state index contributed by atoms with van der Waals surface area (Å²) in [5, 5.41) is 3.82. The molecule has 0 N–H and O–H groups in total. The highest BCUT2D eigenvalue weighted by molar-refractivity contribution is 6.43. The fourth-order valence-electron chi connectivity index (χ4n) is 3.26.